The third-order valence-electron chi connectivity index (χ3n) is 7.57. The van der Waals surface area contributed by atoms with E-state index in [4.69, 9.17) is 0 Å². The molecule has 2 aromatic heterocycles. The Kier molecular flexibility index (Phi) is 6.52. The summed E-state index contributed by atoms with van der Waals surface area (Å²) in [7, 11) is 0. The van der Waals surface area contributed by atoms with E-state index in [1.165, 1.54) is 17.7 Å². The van der Waals surface area contributed by atoms with Crippen molar-refractivity contribution in [3.8, 4) is 0 Å². The van der Waals surface area contributed by atoms with E-state index in [9.17, 15) is 9.59 Å². The molecule has 1 N–H and O–H groups in total. The first-order chi connectivity index (χ1) is 16.6. The number of hydrogen-bond donors (Lipinski definition) is 1. The van der Waals surface area contributed by atoms with E-state index in [0.717, 1.165) is 54.3 Å². The van der Waals surface area contributed by atoms with Gasteiger partial charge in [-0.05, 0) is 43.4 Å². The molecule has 1 aliphatic heterocycles. The second kappa shape index (κ2) is 9.57. The van der Waals surface area contributed by atoms with Gasteiger partial charge in [0.2, 0.25) is 0 Å². The lowest BCUT2D eigenvalue weighted by Crippen LogP contribution is -2.64. The smallest absolute Gasteiger partial charge is 0.271 e. The van der Waals surface area contributed by atoms with Gasteiger partial charge >= 0.3 is 0 Å². The third kappa shape index (κ3) is 3.86. The number of nitrogens with zero attached hydrogens (tertiary/aromatic N) is 2. The fourth-order valence-electron chi connectivity index (χ4n) is 5.77. The molecule has 6 heteroatoms. The summed E-state index contributed by atoms with van der Waals surface area (Å²) < 4.78 is 3.24. The molecule has 0 bridgehead atoms. The minimum absolute atomic E-state index is 0.0363. The van der Waals surface area contributed by atoms with Crippen LogP contribution in [0.25, 0.3) is 10.2 Å². The predicted octanol–water partition coefficient (Wildman–Crippen LogP) is 5.87. The van der Waals surface area contributed by atoms with E-state index in [0.29, 0.717) is 18.8 Å². The average molecular weight is 478 g/mol. The number of thiophene rings is 1. The van der Waals surface area contributed by atoms with Gasteiger partial charge in [-0.15, -0.1) is 11.3 Å². The van der Waals surface area contributed by atoms with E-state index in [-0.39, 0.29) is 17.9 Å². The highest BCUT2D eigenvalue weighted by atomic mass is 32.1. The Morgan fingerprint density at radius 1 is 1.09 bits per heavy atom. The molecule has 1 saturated carbocycles. The largest absolute Gasteiger partial charge is 0.351 e. The molecule has 0 radical (unpaired) electrons. The maximum Gasteiger partial charge on any atom is 0.271 e. The number of fused-ring (bicyclic) bond motifs is 3. The van der Waals surface area contributed by atoms with Crippen molar-refractivity contribution in [1.29, 1.82) is 0 Å². The number of benzene rings is 1. The summed E-state index contributed by atoms with van der Waals surface area (Å²) in [5, 5.41) is 3.42. The molecule has 0 spiro atoms. The normalized spacial score (nSPS) is 21.5. The Labute approximate surface area is 206 Å². The fraction of sp³-hybridized carbons (Fsp3) is 0.500. The Hall–Kier alpha value is -2.60. The van der Waals surface area contributed by atoms with Crippen LogP contribution in [0.4, 0.5) is 0 Å². The lowest BCUT2D eigenvalue weighted by molar-refractivity contribution is -0.135. The van der Waals surface area contributed by atoms with Gasteiger partial charge in [0.25, 0.3) is 11.8 Å². The molecule has 1 aliphatic carbocycles. The average Bonchev–Trinajstić information content (AvgIpc) is 3.30. The number of carbonyl (C=O) groups is 2. The molecule has 3 aromatic rings. The minimum atomic E-state index is -1.06. The zero-order valence-corrected chi connectivity index (χ0v) is 21.1. The second-order valence-electron chi connectivity index (χ2n) is 9.78. The molecule has 180 valence electrons. The van der Waals surface area contributed by atoms with E-state index in [1.54, 1.807) is 11.3 Å². The molecule has 3 heterocycles. The zero-order valence-electron chi connectivity index (χ0n) is 20.3. The van der Waals surface area contributed by atoms with Crippen molar-refractivity contribution in [3.05, 3.63) is 58.6 Å². The summed E-state index contributed by atoms with van der Waals surface area (Å²) in [6.07, 6.45) is 8.57. The summed E-state index contributed by atoms with van der Waals surface area (Å²) in [5.41, 5.74) is 1.60. The van der Waals surface area contributed by atoms with Crippen LogP contribution in [0.15, 0.2) is 42.5 Å². The summed E-state index contributed by atoms with van der Waals surface area (Å²) in [6.45, 7) is 5.22. The number of hydrogen-bond acceptors (Lipinski definition) is 3. The van der Waals surface area contributed by atoms with Crippen LogP contribution in [0.5, 0.6) is 0 Å². The Morgan fingerprint density at radius 2 is 1.82 bits per heavy atom. The molecule has 5 rings (SSSR count). The third-order valence-corrected chi connectivity index (χ3v) is 8.78. The van der Waals surface area contributed by atoms with Crippen molar-refractivity contribution in [2.24, 2.45) is 0 Å². The molecular weight excluding hydrogens is 442 g/mol. The molecule has 2 amide bonds. The first-order valence-corrected chi connectivity index (χ1v) is 13.7. The monoisotopic (exact) mass is 477 g/mol. The van der Waals surface area contributed by atoms with Gasteiger partial charge in [0.05, 0.1) is 16.8 Å². The van der Waals surface area contributed by atoms with Crippen LogP contribution in [0.1, 0.15) is 79.7 Å². The lowest BCUT2D eigenvalue weighted by atomic mass is 9.83. The maximum atomic E-state index is 14.3. The van der Waals surface area contributed by atoms with Crippen molar-refractivity contribution in [3.63, 3.8) is 0 Å². The quantitative estimate of drug-likeness (QED) is 0.452. The summed E-state index contributed by atoms with van der Waals surface area (Å²) >= 11 is 1.75. The second-order valence-corrected chi connectivity index (χ2v) is 10.9. The zero-order chi connectivity index (χ0) is 23.7. The summed E-state index contributed by atoms with van der Waals surface area (Å²) in [6, 6.07) is 14.4. The van der Waals surface area contributed by atoms with E-state index in [1.807, 2.05) is 41.3 Å². The Morgan fingerprint density at radius 3 is 2.50 bits per heavy atom. The predicted molar refractivity (Wildman–Crippen MR) is 138 cm³/mol. The van der Waals surface area contributed by atoms with Gasteiger partial charge in [-0.3, -0.25) is 9.59 Å². The van der Waals surface area contributed by atoms with E-state index in [2.05, 4.69) is 29.8 Å². The van der Waals surface area contributed by atoms with Gasteiger partial charge < -0.3 is 14.8 Å². The van der Waals surface area contributed by atoms with Crippen LogP contribution in [0.3, 0.4) is 0 Å². The van der Waals surface area contributed by atoms with E-state index >= 15 is 0 Å². The van der Waals surface area contributed by atoms with Crippen LogP contribution in [-0.4, -0.2) is 33.9 Å². The molecule has 2 aliphatic rings. The molecule has 5 nitrogen and oxygen atoms in total. The Bertz CT molecular complexity index is 1170. The first kappa shape index (κ1) is 23.2. The van der Waals surface area contributed by atoms with Gasteiger partial charge in [-0.2, -0.15) is 0 Å². The number of aryl methyl sites for hydroxylation is 1. The molecule has 0 saturated heterocycles. The minimum Gasteiger partial charge on any atom is -0.351 e. The van der Waals surface area contributed by atoms with Crippen LogP contribution in [0.2, 0.25) is 0 Å². The van der Waals surface area contributed by atoms with Crippen molar-refractivity contribution >= 4 is 33.4 Å². The van der Waals surface area contributed by atoms with Crippen molar-refractivity contribution < 1.29 is 9.59 Å². The molecule has 1 unspecified atom stereocenters. The number of aromatic nitrogens is 1. The van der Waals surface area contributed by atoms with Gasteiger partial charge in [0, 0.05) is 17.5 Å². The standard InChI is InChI=1S/C28H35N3O2S/c1-3-16-31-26(32)24-18-25-23(17-22(4-2)34-25)30(24)19-28(31,20-12-8-7-9-13-20)27(33)29-21-14-10-5-6-11-15-21/h7-9,12-13,17-18,21H,3-6,10-11,14-16,19H2,1-2H3,(H,29,33). The number of rotatable bonds is 6. The van der Waals surface area contributed by atoms with Crippen LogP contribution in [0, 0.1) is 0 Å². The molecule has 1 aromatic carbocycles. The van der Waals surface area contributed by atoms with Crippen molar-refractivity contribution in [1.82, 2.24) is 14.8 Å². The lowest BCUT2D eigenvalue weighted by Gasteiger charge is -2.47. The van der Waals surface area contributed by atoms with Crippen molar-refractivity contribution in [2.75, 3.05) is 6.54 Å². The molecular formula is C28H35N3O2S. The van der Waals surface area contributed by atoms with Crippen LogP contribution < -0.4 is 5.32 Å². The number of amides is 2. The molecule has 1 atom stereocenters. The highest BCUT2D eigenvalue weighted by Gasteiger charge is 2.52. The SMILES string of the molecule is CCCN1C(=O)c2cc3sc(CC)cc3n2CC1(C(=O)NC1CCCCCC1)c1ccccc1. The topological polar surface area (TPSA) is 54.3 Å². The maximum absolute atomic E-state index is 14.3. The van der Waals surface area contributed by atoms with Crippen molar-refractivity contribution in [2.45, 2.75) is 83.3 Å². The summed E-state index contributed by atoms with van der Waals surface area (Å²) in [4.78, 5) is 31.5. The summed E-state index contributed by atoms with van der Waals surface area (Å²) in [5.74, 6) is -0.0831. The van der Waals surface area contributed by atoms with Crippen LogP contribution >= 0.6 is 11.3 Å². The number of carbonyl (C=O) groups excluding carboxylic acids is 2. The Balaban J connectivity index is 1.65. The highest BCUT2D eigenvalue weighted by molar-refractivity contribution is 7.19. The van der Waals surface area contributed by atoms with Gasteiger partial charge in [-0.25, -0.2) is 0 Å². The number of nitrogens with one attached hydrogen (secondary N) is 1. The molecule has 1 fully saturated rings. The van der Waals surface area contributed by atoms with Gasteiger partial charge in [-0.1, -0.05) is 69.9 Å². The highest BCUT2D eigenvalue weighted by Crippen LogP contribution is 2.41. The van der Waals surface area contributed by atoms with Gasteiger partial charge in [0.1, 0.15) is 5.69 Å². The van der Waals surface area contributed by atoms with Crippen LogP contribution in [-0.2, 0) is 23.3 Å². The molecule has 34 heavy (non-hydrogen) atoms. The fourth-order valence-corrected chi connectivity index (χ4v) is 6.81. The first-order valence-electron chi connectivity index (χ1n) is 12.9. The van der Waals surface area contributed by atoms with Gasteiger partial charge in [0.15, 0.2) is 5.54 Å². The van der Waals surface area contributed by atoms with E-state index < -0.39 is 5.54 Å².